The van der Waals surface area contributed by atoms with Gasteiger partial charge in [-0.25, -0.2) is 12.8 Å². The molecule has 1 aliphatic rings. The third kappa shape index (κ3) is 4.49. The van der Waals surface area contributed by atoms with Crippen molar-refractivity contribution in [1.29, 1.82) is 0 Å². The summed E-state index contributed by atoms with van der Waals surface area (Å²) in [6.45, 7) is 3.49. The molecule has 0 saturated carbocycles. The van der Waals surface area contributed by atoms with Gasteiger partial charge in [-0.3, -0.25) is 0 Å². The van der Waals surface area contributed by atoms with Crippen molar-refractivity contribution in [3.8, 4) is 0 Å². The highest BCUT2D eigenvalue weighted by Crippen LogP contribution is 2.18. The first-order valence-corrected chi connectivity index (χ1v) is 9.07. The third-order valence-electron chi connectivity index (χ3n) is 3.92. The minimum absolute atomic E-state index is 0.144. The molecule has 1 aliphatic heterocycles. The minimum Gasteiger partial charge on any atom is -0.396 e. The molecule has 1 fully saturated rings. The first kappa shape index (κ1) is 17.3. The van der Waals surface area contributed by atoms with Crippen LogP contribution in [0.15, 0.2) is 29.2 Å². The molecule has 124 valence electrons. The Kier molecular flexibility index (Phi) is 6.31. The highest BCUT2D eigenvalue weighted by atomic mass is 32.2. The number of piperazine rings is 1. The lowest BCUT2D eigenvalue weighted by Gasteiger charge is -2.34. The Labute approximate surface area is 131 Å². The van der Waals surface area contributed by atoms with Gasteiger partial charge in [-0.1, -0.05) is 0 Å². The molecule has 0 aromatic heterocycles. The summed E-state index contributed by atoms with van der Waals surface area (Å²) in [4.78, 5) is 2.39. The zero-order chi connectivity index (χ0) is 16.0. The highest BCUT2D eigenvalue weighted by Gasteiger charge is 2.28. The van der Waals surface area contributed by atoms with E-state index >= 15 is 0 Å². The minimum atomic E-state index is -3.52. The first-order chi connectivity index (χ1) is 10.5. The number of unbranched alkanes of at least 4 members (excludes halogenated alkanes) is 2. The predicted octanol–water partition coefficient (Wildman–Crippen LogP) is 1.29. The Hall–Kier alpha value is -1.02. The topological polar surface area (TPSA) is 60.9 Å². The number of hydrogen-bond acceptors (Lipinski definition) is 4. The van der Waals surface area contributed by atoms with Crippen molar-refractivity contribution in [3.05, 3.63) is 30.1 Å². The van der Waals surface area contributed by atoms with Gasteiger partial charge in [0, 0.05) is 32.8 Å². The van der Waals surface area contributed by atoms with Crippen LogP contribution in [0.3, 0.4) is 0 Å². The summed E-state index contributed by atoms with van der Waals surface area (Å²) in [5.41, 5.74) is 0. The van der Waals surface area contributed by atoms with E-state index in [4.69, 9.17) is 5.11 Å². The van der Waals surface area contributed by atoms with E-state index in [0.717, 1.165) is 25.8 Å². The molecule has 0 unspecified atom stereocenters. The van der Waals surface area contributed by atoms with Crippen LogP contribution in [0.2, 0.25) is 0 Å². The number of halogens is 1. The lowest BCUT2D eigenvalue weighted by molar-refractivity contribution is 0.183. The van der Waals surface area contributed by atoms with Crippen LogP contribution in [0.1, 0.15) is 19.3 Å². The van der Waals surface area contributed by atoms with Crippen LogP contribution in [-0.2, 0) is 10.0 Å². The summed E-state index contributed by atoms with van der Waals surface area (Å²) in [7, 11) is -3.52. The zero-order valence-corrected chi connectivity index (χ0v) is 13.4. The van der Waals surface area contributed by atoms with E-state index in [2.05, 4.69) is 4.90 Å². The average Bonchev–Trinajstić information content (AvgIpc) is 2.52. The molecular weight excluding hydrogens is 307 g/mol. The number of aliphatic hydroxyl groups excluding tert-OH is 1. The van der Waals surface area contributed by atoms with Gasteiger partial charge in [0.15, 0.2) is 0 Å². The molecule has 0 aliphatic carbocycles. The average molecular weight is 330 g/mol. The van der Waals surface area contributed by atoms with Gasteiger partial charge >= 0.3 is 0 Å². The first-order valence-electron chi connectivity index (χ1n) is 7.63. The van der Waals surface area contributed by atoms with Crippen LogP contribution >= 0.6 is 0 Å². The lowest BCUT2D eigenvalue weighted by atomic mass is 10.2. The van der Waals surface area contributed by atoms with Crippen LogP contribution in [0.25, 0.3) is 0 Å². The van der Waals surface area contributed by atoms with E-state index in [9.17, 15) is 12.8 Å². The van der Waals surface area contributed by atoms with Gasteiger partial charge in [0.05, 0.1) is 4.90 Å². The van der Waals surface area contributed by atoms with Crippen LogP contribution in [-0.4, -0.2) is 62.1 Å². The number of aliphatic hydroxyl groups is 1. The maximum Gasteiger partial charge on any atom is 0.243 e. The smallest absolute Gasteiger partial charge is 0.243 e. The highest BCUT2D eigenvalue weighted by molar-refractivity contribution is 7.89. The number of benzene rings is 1. The van der Waals surface area contributed by atoms with Crippen LogP contribution < -0.4 is 0 Å². The molecule has 0 radical (unpaired) electrons. The van der Waals surface area contributed by atoms with E-state index in [1.807, 2.05) is 0 Å². The largest absolute Gasteiger partial charge is 0.396 e. The molecule has 0 amide bonds. The van der Waals surface area contributed by atoms with Crippen LogP contribution in [0.4, 0.5) is 4.39 Å². The number of hydrogen-bond donors (Lipinski definition) is 1. The molecule has 1 heterocycles. The van der Waals surface area contributed by atoms with E-state index in [1.165, 1.54) is 28.6 Å². The molecule has 5 nitrogen and oxygen atoms in total. The number of nitrogens with zero attached hydrogens (tertiary/aromatic N) is 2. The van der Waals surface area contributed by atoms with E-state index in [1.54, 1.807) is 0 Å². The van der Waals surface area contributed by atoms with E-state index in [-0.39, 0.29) is 11.5 Å². The van der Waals surface area contributed by atoms with Crippen LogP contribution in [0, 0.1) is 5.82 Å². The summed E-state index contributed by atoms with van der Waals surface area (Å²) < 4.78 is 39.3. The fourth-order valence-electron chi connectivity index (χ4n) is 2.57. The normalized spacial score (nSPS) is 17.7. The standard InChI is InChI=1S/C15H23FN2O3S/c16-14-4-6-15(7-5-14)22(20,21)18-11-9-17(10-12-18)8-2-1-3-13-19/h4-7,19H,1-3,8-13H2. The molecule has 1 aromatic carbocycles. The van der Waals surface area contributed by atoms with Crippen molar-refractivity contribution < 1.29 is 17.9 Å². The van der Waals surface area contributed by atoms with Gasteiger partial charge in [0.25, 0.3) is 0 Å². The molecule has 2 rings (SSSR count). The van der Waals surface area contributed by atoms with Gasteiger partial charge in [0.1, 0.15) is 5.82 Å². The van der Waals surface area contributed by atoms with Crippen molar-refractivity contribution in [2.45, 2.75) is 24.2 Å². The summed E-state index contributed by atoms with van der Waals surface area (Å²) in [5, 5.41) is 8.74. The second-order valence-electron chi connectivity index (χ2n) is 5.48. The van der Waals surface area contributed by atoms with Crippen molar-refractivity contribution in [3.63, 3.8) is 0 Å². The Morgan fingerprint density at radius 1 is 1.00 bits per heavy atom. The van der Waals surface area contributed by atoms with Gasteiger partial charge in [0.2, 0.25) is 10.0 Å². The maximum absolute atomic E-state index is 12.9. The van der Waals surface area contributed by atoms with Crippen molar-refractivity contribution in [1.82, 2.24) is 9.21 Å². The Balaban J connectivity index is 1.86. The second kappa shape index (κ2) is 8.01. The molecule has 7 heteroatoms. The molecule has 1 saturated heterocycles. The number of sulfonamides is 1. The predicted molar refractivity (Wildman–Crippen MR) is 82.5 cm³/mol. The van der Waals surface area contributed by atoms with E-state index in [0.29, 0.717) is 26.2 Å². The fourth-order valence-corrected chi connectivity index (χ4v) is 4.00. The molecule has 0 bridgehead atoms. The van der Waals surface area contributed by atoms with Crippen molar-refractivity contribution >= 4 is 10.0 Å². The molecule has 0 spiro atoms. The zero-order valence-electron chi connectivity index (χ0n) is 12.6. The third-order valence-corrected chi connectivity index (χ3v) is 5.83. The van der Waals surface area contributed by atoms with Crippen LogP contribution in [0.5, 0.6) is 0 Å². The SMILES string of the molecule is O=S(=O)(c1ccc(F)cc1)N1CCN(CCCCCO)CC1. The molecular formula is C15H23FN2O3S. The monoisotopic (exact) mass is 330 g/mol. The Morgan fingerprint density at radius 2 is 1.64 bits per heavy atom. The summed E-state index contributed by atoms with van der Waals surface area (Å²) in [6.07, 6.45) is 2.83. The second-order valence-corrected chi connectivity index (χ2v) is 7.42. The number of rotatable bonds is 7. The molecule has 0 atom stereocenters. The van der Waals surface area contributed by atoms with Gasteiger partial charge in [-0.15, -0.1) is 0 Å². The summed E-state index contributed by atoms with van der Waals surface area (Å²) in [5.74, 6) is -0.438. The lowest BCUT2D eigenvalue weighted by Crippen LogP contribution is -2.48. The van der Waals surface area contributed by atoms with Gasteiger partial charge in [-0.2, -0.15) is 4.31 Å². The quantitative estimate of drug-likeness (QED) is 0.766. The van der Waals surface area contributed by atoms with Crippen molar-refractivity contribution in [2.75, 3.05) is 39.3 Å². The van der Waals surface area contributed by atoms with Gasteiger partial charge < -0.3 is 10.0 Å². The van der Waals surface area contributed by atoms with E-state index < -0.39 is 15.8 Å². The Morgan fingerprint density at radius 3 is 2.23 bits per heavy atom. The fraction of sp³-hybridized carbons (Fsp3) is 0.600. The Bertz CT molecular complexity index is 555. The molecule has 1 N–H and O–H groups in total. The summed E-state index contributed by atoms with van der Waals surface area (Å²) >= 11 is 0. The maximum atomic E-state index is 12.9. The van der Waals surface area contributed by atoms with Gasteiger partial charge in [-0.05, 0) is 50.1 Å². The molecule has 22 heavy (non-hydrogen) atoms. The van der Waals surface area contributed by atoms with Crippen molar-refractivity contribution in [2.24, 2.45) is 0 Å². The molecule has 1 aromatic rings. The summed E-state index contributed by atoms with van der Waals surface area (Å²) in [6, 6.07) is 4.96.